The Hall–Kier alpha value is -2.46. The molecule has 1 aromatic carbocycles. The second-order valence-electron chi connectivity index (χ2n) is 6.87. The van der Waals surface area contributed by atoms with Crippen LogP contribution in [0.3, 0.4) is 0 Å². The number of imide groups is 1. The average molecular weight is 426 g/mol. The minimum atomic E-state index is -3.73. The number of hydrogen-bond donors (Lipinski definition) is 3. The molecule has 3 N–H and O–H groups in total. The fourth-order valence-corrected chi connectivity index (χ4v) is 4.11. The van der Waals surface area contributed by atoms with E-state index in [0.717, 1.165) is 32.1 Å². The van der Waals surface area contributed by atoms with Crippen LogP contribution in [0.1, 0.15) is 56.3 Å². The fraction of sp³-hybridized carbons (Fsp3) is 0.526. The first-order valence-electron chi connectivity index (χ1n) is 9.65. The normalized spacial score (nSPS) is 15.9. The highest BCUT2D eigenvalue weighted by Crippen LogP contribution is 2.17. The second-order valence-corrected chi connectivity index (χ2v) is 8.64. The molecule has 0 aliphatic heterocycles. The number of sulfonamides is 1. The molecule has 1 atom stereocenters. The molecule has 9 nitrogen and oxygen atoms in total. The first-order valence-corrected chi connectivity index (χ1v) is 11.1. The topological polar surface area (TPSA) is 131 Å². The van der Waals surface area contributed by atoms with E-state index in [1.165, 1.54) is 31.2 Å². The van der Waals surface area contributed by atoms with Crippen LogP contribution >= 0.6 is 0 Å². The van der Waals surface area contributed by atoms with Gasteiger partial charge in [-0.3, -0.25) is 10.1 Å². The molecule has 1 saturated carbocycles. The van der Waals surface area contributed by atoms with E-state index < -0.39 is 34.0 Å². The fourth-order valence-electron chi connectivity index (χ4n) is 3.03. The average Bonchev–Trinajstić information content (AvgIpc) is 2.68. The lowest BCUT2D eigenvalue weighted by atomic mass is 9.96. The molecule has 3 amide bonds. The molecule has 160 valence electrons. The van der Waals surface area contributed by atoms with Crippen molar-refractivity contribution < 1.29 is 27.5 Å². The van der Waals surface area contributed by atoms with Crippen LogP contribution in [0.2, 0.25) is 0 Å². The van der Waals surface area contributed by atoms with E-state index in [2.05, 4.69) is 15.4 Å². The number of hydrogen-bond acceptors (Lipinski definition) is 6. The van der Waals surface area contributed by atoms with Crippen molar-refractivity contribution in [1.29, 1.82) is 0 Å². The Morgan fingerprint density at radius 1 is 1.17 bits per heavy atom. The molecule has 1 aliphatic rings. The molecule has 29 heavy (non-hydrogen) atoms. The van der Waals surface area contributed by atoms with Crippen molar-refractivity contribution in [3.63, 3.8) is 0 Å². The summed E-state index contributed by atoms with van der Waals surface area (Å²) in [5, 5.41) is 4.90. The molecule has 1 unspecified atom stereocenters. The molecule has 1 aliphatic carbocycles. The molecular weight excluding hydrogens is 398 g/mol. The van der Waals surface area contributed by atoms with Gasteiger partial charge in [-0.1, -0.05) is 32.3 Å². The SMILES string of the molecule is CCNS(=O)(=O)c1cccc(C(=O)OC(C)C(=O)NC(=O)NC2CCCCC2)c1. The van der Waals surface area contributed by atoms with E-state index in [4.69, 9.17) is 4.74 Å². The van der Waals surface area contributed by atoms with Gasteiger partial charge in [-0.25, -0.2) is 22.7 Å². The van der Waals surface area contributed by atoms with Crippen molar-refractivity contribution in [2.45, 2.75) is 63.0 Å². The summed E-state index contributed by atoms with van der Waals surface area (Å²) in [4.78, 5) is 36.3. The molecular formula is C19H27N3O6S. The number of benzene rings is 1. The van der Waals surface area contributed by atoms with E-state index in [0.29, 0.717) is 0 Å². The number of nitrogens with one attached hydrogen (secondary N) is 3. The molecule has 10 heteroatoms. The minimum Gasteiger partial charge on any atom is -0.449 e. The predicted octanol–water partition coefficient (Wildman–Crippen LogP) is 1.69. The second kappa shape index (κ2) is 10.4. The quantitative estimate of drug-likeness (QED) is 0.570. The number of urea groups is 1. The Balaban J connectivity index is 1.92. The van der Waals surface area contributed by atoms with Crippen molar-refractivity contribution in [2.24, 2.45) is 0 Å². The van der Waals surface area contributed by atoms with Crippen molar-refractivity contribution in [2.75, 3.05) is 6.54 Å². The molecule has 1 fully saturated rings. The van der Waals surface area contributed by atoms with Gasteiger partial charge >= 0.3 is 12.0 Å². The van der Waals surface area contributed by atoms with Crippen LogP contribution in [-0.4, -0.2) is 45.0 Å². The summed E-state index contributed by atoms with van der Waals surface area (Å²) in [6.07, 6.45) is 3.73. The van der Waals surface area contributed by atoms with Crippen LogP contribution in [0.5, 0.6) is 0 Å². The summed E-state index contributed by atoms with van der Waals surface area (Å²) in [7, 11) is -3.73. The lowest BCUT2D eigenvalue weighted by Gasteiger charge is -2.23. The van der Waals surface area contributed by atoms with Gasteiger partial charge in [0.05, 0.1) is 10.5 Å². The van der Waals surface area contributed by atoms with Crippen LogP contribution in [0.4, 0.5) is 4.79 Å². The molecule has 0 spiro atoms. The zero-order valence-corrected chi connectivity index (χ0v) is 17.4. The Morgan fingerprint density at radius 2 is 1.86 bits per heavy atom. The zero-order valence-electron chi connectivity index (χ0n) is 16.6. The summed E-state index contributed by atoms with van der Waals surface area (Å²) >= 11 is 0. The third kappa shape index (κ3) is 6.82. The van der Waals surface area contributed by atoms with E-state index in [1.54, 1.807) is 6.92 Å². The van der Waals surface area contributed by atoms with Gasteiger partial charge in [0.2, 0.25) is 10.0 Å². The van der Waals surface area contributed by atoms with Crippen LogP contribution in [0.15, 0.2) is 29.2 Å². The lowest BCUT2D eigenvalue weighted by molar-refractivity contribution is -0.127. The summed E-state index contributed by atoms with van der Waals surface area (Å²) in [5.74, 6) is -1.63. The Bertz CT molecular complexity index is 849. The van der Waals surface area contributed by atoms with Crippen molar-refractivity contribution in [3.8, 4) is 0 Å². The predicted molar refractivity (Wildman–Crippen MR) is 106 cm³/mol. The number of amides is 3. The largest absolute Gasteiger partial charge is 0.449 e. The molecule has 1 aromatic rings. The lowest BCUT2D eigenvalue weighted by Crippen LogP contribution is -2.48. The number of rotatable bonds is 7. The maximum atomic E-state index is 12.3. The smallest absolute Gasteiger partial charge is 0.338 e. The third-order valence-electron chi connectivity index (χ3n) is 4.54. The minimum absolute atomic E-state index is 0.0183. The highest BCUT2D eigenvalue weighted by molar-refractivity contribution is 7.89. The number of carbonyl (C=O) groups excluding carboxylic acids is 3. The number of ether oxygens (including phenoxy) is 1. The molecule has 0 radical (unpaired) electrons. The van der Waals surface area contributed by atoms with Gasteiger partial charge in [0, 0.05) is 12.6 Å². The molecule has 2 rings (SSSR count). The van der Waals surface area contributed by atoms with Gasteiger partial charge in [-0.05, 0) is 38.0 Å². The first kappa shape index (κ1) is 22.8. The van der Waals surface area contributed by atoms with E-state index in [1.807, 2.05) is 0 Å². The standard InChI is InChI=1S/C19H27N3O6S/c1-3-20-29(26,27)16-11-7-8-14(12-16)18(24)28-13(2)17(23)22-19(25)21-15-9-5-4-6-10-15/h7-8,11-13,15,20H,3-6,9-10H2,1-2H3,(H2,21,22,23,25). The van der Waals surface area contributed by atoms with Gasteiger partial charge in [-0.15, -0.1) is 0 Å². The molecule has 0 bridgehead atoms. The molecule has 0 heterocycles. The van der Waals surface area contributed by atoms with Gasteiger partial charge < -0.3 is 10.1 Å². The summed E-state index contributed by atoms with van der Waals surface area (Å²) in [6, 6.07) is 4.72. The summed E-state index contributed by atoms with van der Waals surface area (Å²) < 4.78 is 31.5. The van der Waals surface area contributed by atoms with Gasteiger partial charge in [0.25, 0.3) is 5.91 Å². The van der Waals surface area contributed by atoms with Crippen molar-refractivity contribution in [3.05, 3.63) is 29.8 Å². The highest BCUT2D eigenvalue weighted by Gasteiger charge is 2.23. The number of esters is 1. The van der Waals surface area contributed by atoms with Crippen LogP contribution in [0.25, 0.3) is 0 Å². The monoisotopic (exact) mass is 425 g/mol. The van der Waals surface area contributed by atoms with Crippen molar-refractivity contribution >= 4 is 27.9 Å². The highest BCUT2D eigenvalue weighted by atomic mass is 32.2. The van der Waals surface area contributed by atoms with Crippen LogP contribution in [-0.2, 0) is 19.6 Å². The van der Waals surface area contributed by atoms with Crippen LogP contribution < -0.4 is 15.4 Å². The summed E-state index contributed by atoms with van der Waals surface area (Å²) in [6.45, 7) is 3.18. The molecule has 0 aromatic heterocycles. The van der Waals surface area contributed by atoms with Gasteiger partial charge in [0.1, 0.15) is 0 Å². The number of carbonyl (C=O) groups is 3. The third-order valence-corrected chi connectivity index (χ3v) is 6.09. The summed E-state index contributed by atoms with van der Waals surface area (Å²) in [5.41, 5.74) is -0.0183. The van der Waals surface area contributed by atoms with Gasteiger partial charge in [0.15, 0.2) is 6.10 Å². The molecule has 0 saturated heterocycles. The van der Waals surface area contributed by atoms with E-state index in [-0.39, 0.29) is 23.0 Å². The maximum absolute atomic E-state index is 12.3. The van der Waals surface area contributed by atoms with E-state index in [9.17, 15) is 22.8 Å². The maximum Gasteiger partial charge on any atom is 0.338 e. The van der Waals surface area contributed by atoms with Gasteiger partial charge in [-0.2, -0.15) is 0 Å². The van der Waals surface area contributed by atoms with E-state index >= 15 is 0 Å². The Kier molecular flexibility index (Phi) is 8.15. The van der Waals surface area contributed by atoms with Crippen molar-refractivity contribution in [1.82, 2.24) is 15.4 Å². The Labute approximate surface area is 170 Å². The first-order chi connectivity index (χ1) is 13.7. The van der Waals surface area contributed by atoms with Crippen LogP contribution in [0, 0.1) is 0 Å². The zero-order chi connectivity index (χ0) is 21.4. The Morgan fingerprint density at radius 3 is 2.52 bits per heavy atom.